The number of amides is 1. The molecule has 242 valence electrons. The van der Waals surface area contributed by atoms with Gasteiger partial charge in [-0.1, -0.05) is 58.9 Å². The number of hydrogen-bond donors (Lipinski definition) is 2. The van der Waals surface area contributed by atoms with Gasteiger partial charge in [-0.05, 0) is 34.9 Å². The van der Waals surface area contributed by atoms with Gasteiger partial charge in [-0.25, -0.2) is 18.6 Å². The van der Waals surface area contributed by atoms with Crippen molar-refractivity contribution >= 4 is 11.9 Å². The highest BCUT2D eigenvalue weighted by Crippen LogP contribution is 2.51. The van der Waals surface area contributed by atoms with E-state index in [1.807, 2.05) is 46.8 Å². The number of hydrogen-bond acceptors (Lipinski definition) is 5. The molecule has 4 rings (SSSR count). The summed E-state index contributed by atoms with van der Waals surface area (Å²) in [4.78, 5) is 32.4. The lowest BCUT2D eigenvalue weighted by Gasteiger charge is -2.35. The number of aromatic nitrogens is 1. The van der Waals surface area contributed by atoms with Gasteiger partial charge in [0.15, 0.2) is 0 Å². The Labute approximate surface area is 254 Å². The zero-order chi connectivity index (χ0) is 32.8. The third-order valence-corrected chi connectivity index (χ3v) is 8.84. The Balaban J connectivity index is 1.89. The average molecular weight is 626 g/mol. The fraction of sp³-hybridized carbons (Fsp3) is 0.594. The summed E-state index contributed by atoms with van der Waals surface area (Å²) < 4.78 is 74.7. The summed E-state index contributed by atoms with van der Waals surface area (Å²) in [6.45, 7) is 9.21. The van der Waals surface area contributed by atoms with Gasteiger partial charge < -0.3 is 20.1 Å². The summed E-state index contributed by atoms with van der Waals surface area (Å²) >= 11 is 0. The molecule has 2 N–H and O–H groups in total. The minimum absolute atomic E-state index is 0.0363. The molecule has 2 aliphatic rings. The molecule has 0 bridgehead atoms. The molecule has 1 saturated heterocycles. The van der Waals surface area contributed by atoms with Gasteiger partial charge in [0.05, 0.1) is 18.7 Å². The second kappa shape index (κ2) is 12.3. The molecule has 7 nitrogen and oxygen atoms in total. The van der Waals surface area contributed by atoms with Crippen LogP contribution in [0.2, 0.25) is 0 Å². The molecular formula is C32H40F5N3O4. The molecule has 1 aliphatic carbocycles. The summed E-state index contributed by atoms with van der Waals surface area (Å²) in [7, 11) is 1.28. The van der Waals surface area contributed by atoms with E-state index in [0.717, 1.165) is 11.6 Å². The first-order chi connectivity index (χ1) is 20.4. The summed E-state index contributed by atoms with van der Waals surface area (Å²) in [6.07, 6.45) is -5.18. The van der Waals surface area contributed by atoms with E-state index in [2.05, 4.69) is 10.3 Å². The lowest BCUT2D eigenvalue weighted by atomic mass is 9.72. The van der Waals surface area contributed by atoms with Crippen molar-refractivity contribution in [2.24, 2.45) is 17.3 Å². The maximum Gasteiger partial charge on any atom is 0.417 e. The third-order valence-electron chi connectivity index (χ3n) is 8.84. The second-order valence-electron chi connectivity index (χ2n) is 13.2. The number of ether oxygens (including phenoxy) is 1. The summed E-state index contributed by atoms with van der Waals surface area (Å²) in [5.41, 5.74) is -0.117. The number of likely N-dealkylation sites (tertiary alicyclic amines) is 1. The smallest absolute Gasteiger partial charge is 0.417 e. The molecule has 12 heteroatoms. The van der Waals surface area contributed by atoms with Gasteiger partial charge in [-0.3, -0.25) is 4.79 Å². The van der Waals surface area contributed by atoms with Gasteiger partial charge in [-0.15, -0.1) is 0 Å². The van der Waals surface area contributed by atoms with Crippen molar-refractivity contribution in [2.75, 3.05) is 7.11 Å². The summed E-state index contributed by atoms with van der Waals surface area (Å²) in [6, 6.07) is 5.11. The number of alkyl halides is 5. The van der Waals surface area contributed by atoms with Gasteiger partial charge in [0.2, 0.25) is 17.7 Å². The molecule has 0 spiro atoms. The Morgan fingerprint density at radius 1 is 1.18 bits per heavy atom. The number of carboxylic acid groups (broad SMARTS) is 1. The number of benzene rings is 1. The monoisotopic (exact) mass is 625 g/mol. The van der Waals surface area contributed by atoms with Gasteiger partial charge in [0.25, 0.3) is 0 Å². The normalized spacial score (nSPS) is 25.5. The number of carboxylic acids is 1. The lowest BCUT2D eigenvalue weighted by molar-refractivity contribution is -0.154. The Morgan fingerprint density at radius 2 is 1.84 bits per heavy atom. The second-order valence-corrected chi connectivity index (χ2v) is 13.2. The van der Waals surface area contributed by atoms with Crippen LogP contribution in [0.5, 0.6) is 5.88 Å². The van der Waals surface area contributed by atoms with Crippen molar-refractivity contribution in [3.8, 4) is 5.88 Å². The lowest BCUT2D eigenvalue weighted by Crippen LogP contribution is -2.49. The van der Waals surface area contributed by atoms with Gasteiger partial charge in [-0.2, -0.15) is 13.2 Å². The molecule has 2 heterocycles. The highest BCUT2D eigenvalue weighted by molar-refractivity contribution is 5.87. The van der Waals surface area contributed by atoms with Crippen LogP contribution in [0.1, 0.15) is 88.1 Å². The number of pyridine rings is 1. The van der Waals surface area contributed by atoms with Crippen molar-refractivity contribution in [3.63, 3.8) is 0 Å². The van der Waals surface area contributed by atoms with Crippen molar-refractivity contribution < 1.29 is 41.4 Å². The molecule has 1 aromatic carbocycles. The van der Waals surface area contributed by atoms with Crippen molar-refractivity contribution in [3.05, 3.63) is 58.8 Å². The highest BCUT2D eigenvalue weighted by Gasteiger charge is 2.59. The van der Waals surface area contributed by atoms with Gasteiger partial charge >= 0.3 is 12.1 Å². The summed E-state index contributed by atoms with van der Waals surface area (Å²) in [5, 5.41) is 13.9. The van der Waals surface area contributed by atoms with Crippen LogP contribution in [0.25, 0.3) is 0 Å². The summed E-state index contributed by atoms with van der Waals surface area (Å²) in [5.74, 6) is -6.87. The number of methoxy groups -OCH3 is 1. The van der Waals surface area contributed by atoms with Crippen LogP contribution in [0.3, 0.4) is 0 Å². The van der Waals surface area contributed by atoms with E-state index in [0.29, 0.717) is 11.8 Å². The molecule has 2 fully saturated rings. The Kier molecular flexibility index (Phi) is 9.36. The Bertz CT molecular complexity index is 1370. The molecule has 1 amide bonds. The van der Waals surface area contributed by atoms with Crippen LogP contribution >= 0.6 is 0 Å². The van der Waals surface area contributed by atoms with Crippen molar-refractivity contribution in [1.82, 2.24) is 15.2 Å². The standard InChI is InChI=1S/C32H40F5N3O4/c1-17(2)21-9-7-8-10-22(21)25-24(38-15-19-13-20(32(35,36)37)16-39-27(19)44-6)23(30(3,4)5)26(29(42)43)40(25)28(41)18-11-12-31(33,34)14-18/h7-10,13,16-18,23-26,38H,11-12,14-15H2,1-6H3,(H,42,43)/t18?,23-,24-,25-,26-/m0/s1. The van der Waals surface area contributed by atoms with Crippen molar-refractivity contribution in [2.45, 2.75) is 96.6 Å². The molecule has 44 heavy (non-hydrogen) atoms. The van der Waals surface area contributed by atoms with Crippen LogP contribution in [-0.2, 0) is 22.3 Å². The van der Waals surface area contributed by atoms with Gasteiger partial charge in [0.1, 0.15) is 6.04 Å². The first kappa shape index (κ1) is 33.6. The first-order valence-corrected chi connectivity index (χ1v) is 14.7. The van der Waals surface area contributed by atoms with Crippen LogP contribution in [0.4, 0.5) is 22.0 Å². The molecule has 1 aromatic heterocycles. The van der Waals surface area contributed by atoms with Gasteiger partial charge in [0, 0.05) is 49.0 Å². The van der Waals surface area contributed by atoms with Crippen LogP contribution in [-0.4, -0.2) is 52.0 Å². The van der Waals surface area contributed by atoms with E-state index in [-0.39, 0.29) is 30.3 Å². The average Bonchev–Trinajstić information content (AvgIpc) is 3.48. The number of nitrogens with one attached hydrogen (secondary N) is 1. The maximum absolute atomic E-state index is 14.3. The van der Waals surface area contributed by atoms with E-state index in [1.165, 1.54) is 12.0 Å². The van der Waals surface area contributed by atoms with E-state index in [9.17, 15) is 36.6 Å². The molecule has 1 aliphatic heterocycles. The molecule has 2 aromatic rings. The largest absolute Gasteiger partial charge is 0.481 e. The maximum atomic E-state index is 14.3. The number of carbonyl (C=O) groups excluding carboxylic acids is 1. The molecular weight excluding hydrogens is 585 g/mol. The fourth-order valence-corrected chi connectivity index (χ4v) is 6.92. The van der Waals surface area contributed by atoms with Crippen LogP contribution in [0, 0.1) is 17.3 Å². The zero-order valence-corrected chi connectivity index (χ0v) is 25.7. The number of halogens is 5. The SMILES string of the molecule is COc1ncc(C(F)(F)F)cc1CN[C@H]1[C@H](C(C)(C)C)[C@@H](C(=O)O)N(C(=O)C2CCC(F)(F)C2)[C@H]1c1ccccc1C(C)C. The fourth-order valence-electron chi connectivity index (χ4n) is 6.92. The zero-order valence-electron chi connectivity index (χ0n) is 25.7. The molecule has 1 unspecified atom stereocenters. The van der Waals surface area contributed by atoms with E-state index in [4.69, 9.17) is 4.74 Å². The predicted octanol–water partition coefficient (Wildman–Crippen LogP) is 6.83. The van der Waals surface area contributed by atoms with E-state index < -0.39 is 77.8 Å². The van der Waals surface area contributed by atoms with Crippen LogP contribution < -0.4 is 10.1 Å². The van der Waals surface area contributed by atoms with Crippen molar-refractivity contribution in [1.29, 1.82) is 0 Å². The topological polar surface area (TPSA) is 91.8 Å². The number of carbonyl (C=O) groups is 2. The predicted molar refractivity (Wildman–Crippen MR) is 153 cm³/mol. The number of rotatable bonds is 8. The first-order valence-electron chi connectivity index (χ1n) is 14.7. The van der Waals surface area contributed by atoms with E-state index >= 15 is 0 Å². The Hall–Kier alpha value is -3.28. The minimum Gasteiger partial charge on any atom is -0.481 e. The Morgan fingerprint density at radius 3 is 2.36 bits per heavy atom. The van der Waals surface area contributed by atoms with E-state index in [1.54, 1.807) is 12.1 Å². The number of nitrogens with zero attached hydrogens (tertiary/aromatic N) is 2. The number of aliphatic carboxylic acids is 1. The highest BCUT2D eigenvalue weighted by atomic mass is 19.4. The van der Waals surface area contributed by atoms with Crippen LogP contribution in [0.15, 0.2) is 36.5 Å². The minimum atomic E-state index is -4.66. The molecule has 0 radical (unpaired) electrons. The quantitative estimate of drug-likeness (QED) is 0.313. The molecule has 5 atom stereocenters. The molecule has 1 saturated carbocycles. The third kappa shape index (κ3) is 6.69.